The number of rotatable bonds is 2. The molecule has 0 atom stereocenters. The Morgan fingerprint density at radius 1 is 1.31 bits per heavy atom. The summed E-state index contributed by atoms with van der Waals surface area (Å²) in [6, 6.07) is 3.84. The highest BCUT2D eigenvalue weighted by atomic mass is 79.9. The summed E-state index contributed by atoms with van der Waals surface area (Å²) in [5, 5.41) is 0. The van der Waals surface area contributed by atoms with E-state index in [-0.39, 0.29) is 5.91 Å². The first kappa shape index (κ1) is 12.9. The largest absolute Gasteiger partial charge is 0.369 e. The second-order valence-electron chi connectivity index (χ2n) is 3.93. The zero-order chi connectivity index (χ0) is 12.3. The minimum atomic E-state index is -0.198. The average molecular weight is 283 g/mol. The number of aryl methyl sites for hydroxylation is 2. The quantitative estimate of drug-likeness (QED) is 0.617. The molecule has 0 aliphatic heterocycles. The van der Waals surface area contributed by atoms with Gasteiger partial charge in [-0.2, -0.15) is 4.99 Å². The van der Waals surface area contributed by atoms with Gasteiger partial charge in [-0.05, 0) is 37.1 Å². The van der Waals surface area contributed by atoms with Crippen LogP contribution < -0.4 is 0 Å². The Hall–Kier alpha value is -1.16. The number of carbonyl (C=O) groups is 1. The molecule has 0 aliphatic rings. The smallest absolute Gasteiger partial charge is 0.278 e. The summed E-state index contributed by atoms with van der Waals surface area (Å²) < 4.78 is 0.982. The topological polar surface area (TPSA) is 32.7 Å². The van der Waals surface area contributed by atoms with Crippen LogP contribution in [0, 0.1) is 13.8 Å². The maximum atomic E-state index is 11.9. The molecule has 0 unspecified atom stereocenters. The van der Waals surface area contributed by atoms with Gasteiger partial charge in [0.25, 0.3) is 5.91 Å². The van der Waals surface area contributed by atoms with Crippen LogP contribution in [0.2, 0.25) is 0 Å². The van der Waals surface area contributed by atoms with E-state index in [2.05, 4.69) is 20.9 Å². The fourth-order valence-corrected chi connectivity index (χ4v) is 2.17. The van der Waals surface area contributed by atoms with Crippen LogP contribution in [-0.4, -0.2) is 31.2 Å². The Bertz CT molecular complexity index is 416. The van der Waals surface area contributed by atoms with Crippen molar-refractivity contribution in [2.75, 3.05) is 14.1 Å². The number of benzene rings is 1. The fourth-order valence-electron chi connectivity index (χ4n) is 1.48. The highest BCUT2D eigenvalue weighted by Gasteiger charge is 2.11. The van der Waals surface area contributed by atoms with Crippen molar-refractivity contribution in [3.8, 4) is 0 Å². The molecule has 4 heteroatoms. The Labute approximate surface area is 104 Å². The van der Waals surface area contributed by atoms with Crippen LogP contribution in [-0.2, 0) is 0 Å². The van der Waals surface area contributed by atoms with Crippen molar-refractivity contribution < 1.29 is 4.79 Å². The van der Waals surface area contributed by atoms with Gasteiger partial charge in [-0.1, -0.05) is 15.9 Å². The van der Waals surface area contributed by atoms with E-state index in [1.54, 1.807) is 4.90 Å². The highest BCUT2D eigenvalue weighted by Crippen LogP contribution is 2.21. The summed E-state index contributed by atoms with van der Waals surface area (Å²) in [5.41, 5.74) is 2.56. The Kier molecular flexibility index (Phi) is 4.24. The maximum absolute atomic E-state index is 11.9. The lowest BCUT2D eigenvalue weighted by atomic mass is 10.0. The van der Waals surface area contributed by atoms with E-state index in [4.69, 9.17) is 0 Å². The predicted molar refractivity (Wildman–Crippen MR) is 70.1 cm³/mol. The van der Waals surface area contributed by atoms with Crippen molar-refractivity contribution in [1.82, 2.24) is 4.90 Å². The molecule has 3 nitrogen and oxygen atoms in total. The summed E-state index contributed by atoms with van der Waals surface area (Å²) >= 11 is 3.40. The van der Waals surface area contributed by atoms with E-state index in [9.17, 15) is 4.79 Å². The van der Waals surface area contributed by atoms with Crippen molar-refractivity contribution in [1.29, 1.82) is 0 Å². The molecule has 0 saturated carbocycles. The molecule has 1 aromatic carbocycles. The van der Waals surface area contributed by atoms with E-state index in [1.165, 1.54) is 6.34 Å². The molecule has 0 N–H and O–H groups in total. The molecular weight excluding hydrogens is 268 g/mol. The molecule has 0 aliphatic carbocycles. The molecule has 0 saturated heterocycles. The van der Waals surface area contributed by atoms with Gasteiger partial charge in [-0.3, -0.25) is 4.79 Å². The van der Waals surface area contributed by atoms with Crippen LogP contribution in [0.4, 0.5) is 0 Å². The summed E-state index contributed by atoms with van der Waals surface area (Å²) in [6.45, 7) is 3.83. The predicted octanol–water partition coefficient (Wildman–Crippen LogP) is 2.80. The van der Waals surface area contributed by atoms with Gasteiger partial charge in [0.05, 0.1) is 6.34 Å². The molecule has 1 aromatic rings. The van der Waals surface area contributed by atoms with Crippen LogP contribution in [0.1, 0.15) is 21.5 Å². The summed E-state index contributed by atoms with van der Waals surface area (Å²) in [6.07, 6.45) is 1.52. The normalized spacial score (nSPS) is 10.8. The number of carbonyl (C=O) groups excluding carboxylic acids is 1. The Balaban J connectivity index is 3.09. The summed E-state index contributed by atoms with van der Waals surface area (Å²) in [7, 11) is 3.66. The molecule has 0 radical (unpaired) electrons. The second-order valence-corrected chi connectivity index (χ2v) is 4.84. The fraction of sp³-hybridized carbons (Fsp3) is 0.333. The van der Waals surface area contributed by atoms with Gasteiger partial charge in [0.15, 0.2) is 0 Å². The van der Waals surface area contributed by atoms with Crippen molar-refractivity contribution >= 4 is 28.2 Å². The minimum absolute atomic E-state index is 0.198. The van der Waals surface area contributed by atoms with Gasteiger partial charge in [0, 0.05) is 24.1 Å². The third-order valence-electron chi connectivity index (χ3n) is 2.12. The van der Waals surface area contributed by atoms with Gasteiger partial charge >= 0.3 is 0 Å². The molecule has 1 amide bonds. The standard InChI is InChI=1S/C12H15BrN2O/c1-8-5-10(13)6-9(2)11(8)12(16)14-7-15(3)4/h5-7H,1-4H3. The lowest BCUT2D eigenvalue weighted by Gasteiger charge is -2.07. The van der Waals surface area contributed by atoms with Gasteiger partial charge in [0.2, 0.25) is 0 Å². The van der Waals surface area contributed by atoms with E-state index in [0.717, 1.165) is 15.6 Å². The molecule has 0 bridgehead atoms. The minimum Gasteiger partial charge on any atom is -0.369 e. The third-order valence-corrected chi connectivity index (χ3v) is 2.58. The molecule has 0 heterocycles. The monoisotopic (exact) mass is 282 g/mol. The van der Waals surface area contributed by atoms with Crippen LogP contribution >= 0.6 is 15.9 Å². The molecular formula is C12H15BrN2O. The van der Waals surface area contributed by atoms with Crippen molar-refractivity contribution in [2.45, 2.75) is 13.8 Å². The first-order chi connectivity index (χ1) is 7.41. The number of nitrogens with zero attached hydrogens (tertiary/aromatic N) is 2. The number of aliphatic imine (C=N–C) groups is 1. The van der Waals surface area contributed by atoms with Crippen molar-refractivity contribution in [3.63, 3.8) is 0 Å². The van der Waals surface area contributed by atoms with Crippen molar-refractivity contribution in [2.24, 2.45) is 4.99 Å². The number of amides is 1. The second kappa shape index (κ2) is 5.25. The molecule has 0 fully saturated rings. The lowest BCUT2D eigenvalue weighted by molar-refractivity contribution is 0.100. The van der Waals surface area contributed by atoms with Gasteiger partial charge < -0.3 is 4.90 Å². The number of hydrogen-bond donors (Lipinski definition) is 0. The highest BCUT2D eigenvalue weighted by molar-refractivity contribution is 9.10. The van der Waals surface area contributed by atoms with E-state index in [1.807, 2.05) is 40.1 Å². The molecule has 16 heavy (non-hydrogen) atoms. The van der Waals surface area contributed by atoms with Crippen LogP contribution in [0.15, 0.2) is 21.6 Å². The van der Waals surface area contributed by atoms with Gasteiger partial charge in [-0.25, -0.2) is 0 Å². The maximum Gasteiger partial charge on any atom is 0.278 e. The SMILES string of the molecule is Cc1cc(Br)cc(C)c1C(=O)N=CN(C)C. The van der Waals surface area contributed by atoms with Gasteiger partial charge in [-0.15, -0.1) is 0 Å². The van der Waals surface area contributed by atoms with Crippen LogP contribution in [0.5, 0.6) is 0 Å². The zero-order valence-corrected chi connectivity index (χ0v) is 11.5. The van der Waals surface area contributed by atoms with Crippen LogP contribution in [0.3, 0.4) is 0 Å². The number of hydrogen-bond acceptors (Lipinski definition) is 1. The molecule has 0 aromatic heterocycles. The van der Waals surface area contributed by atoms with E-state index >= 15 is 0 Å². The van der Waals surface area contributed by atoms with Gasteiger partial charge in [0.1, 0.15) is 0 Å². The van der Waals surface area contributed by atoms with E-state index in [0.29, 0.717) is 5.56 Å². The summed E-state index contributed by atoms with van der Waals surface area (Å²) in [5.74, 6) is -0.198. The van der Waals surface area contributed by atoms with Crippen LogP contribution in [0.25, 0.3) is 0 Å². The zero-order valence-electron chi connectivity index (χ0n) is 9.91. The third kappa shape index (κ3) is 3.17. The first-order valence-corrected chi connectivity index (χ1v) is 5.73. The first-order valence-electron chi connectivity index (χ1n) is 4.93. The molecule has 1 rings (SSSR count). The molecule has 0 spiro atoms. The summed E-state index contributed by atoms with van der Waals surface area (Å²) in [4.78, 5) is 17.5. The van der Waals surface area contributed by atoms with E-state index < -0.39 is 0 Å². The Morgan fingerprint density at radius 2 is 1.81 bits per heavy atom. The lowest BCUT2D eigenvalue weighted by Crippen LogP contribution is -2.11. The number of halogens is 1. The average Bonchev–Trinajstić information content (AvgIpc) is 2.12. The van der Waals surface area contributed by atoms with Crippen molar-refractivity contribution in [3.05, 3.63) is 33.3 Å². The Morgan fingerprint density at radius 3 is 2.25 bits per heavy atom. The molecule has 86 valence electrons.